The summed E-state index contributed by atoms with van der Waals surface area (Å²) >= 11 is 0. The van der Waals surface area contributed by atoms with Crippen LogP contribution in [0.5, 0.6) is 5.88 Å². The summed E-state index contributed by atoms with van der Waals surface area (Å²) in [5, 5.41) is 1.17. The third-order valence-electron chi connectivity index (χ3n) is 5.66. The highest BCUT2D eigenvalue weighted by Gasteiger charge is 2.28. The number of hydrogen-bond donors (Lipinski definition) is 0. The van der Waals surface area contributed by atoms with E-state index in [1.54, 1.807) is 6.20 Å². The molecule has 2 atom stereocenters. The SMILES string of the molecule is c1cnc(O[C@H]2CCN(c3ccc4ccccc4n3)C2)c(C2CCCCO2)c1. The van der Waals surface area contributed by atoms with Crippen LogP contribution in [-0.2, 0) is 4.74 Å². The molecule has 0 amide bonds. The number of anilines is 1. The summed E-state index contributed by atoms with van der Waals surface area (Å²) in [6.45, 7) is 2.59. The summed E-state index contributed by atoms with van der Waals surface area (Å²) in [5.41, 5.74) is 2.12. The van der Waals surface area contributed by atoms with E-state index >= 15 is 0 Å². The number of hydrogen-bond acceptors (Lipinski definition) is 5. The second-order valence-corrected chi connectivity index (χ2v) is 7.59. The van der Waals surface area contributed by atoms with E-state index in [4.69, 9.17) is 14.5 Å². The molecule has 2 aromatic heterocycles. The largest absolute Gasteiger partial charge is 0.472 e. The second-order valence-electron chi connectivity index (χ2n) is 7.59. The molecular weight excluding hydrogens is 350 g/mol. The maximum atomic E-state index is 6.34. The summed E-state index contributed by atoms with van der Waals surface area (Å²) < 4.78 is 12.3. The summed E-state index contributed by atoms with van der Waals surface area (Å²) in [5.74, 6) is 1.74. The van der Waals surface area contributed by atoms with Crippen LogP contribution in [0.25, 0.3) is 10.9 Å². The molecule has 0 N–H and O–H groups in total. The smallest absolute Gasteiger partial charge is 0.219 e. The number of nitrogens with zero attached hydrogens (tertiary/aromatic N) is 3. The van der Waals surface area contributed by atoms with E-state index in [1.165, 1.54) is 11.8 Å². The Labute approximate surface area is 165 Å². The molecule has 5 nitrogen and oxygen atoms in total. The fourth-order valence-corrected chi connectivity index (χ4v) is 4.15. The van der Waals surface area contributed by atoms with Crippen molar-refractivity contribution < 1.29 is 9.47 Å². The summed E-state index contributed by atoms with van der Waals surface area (Å²) in [7, 11) is 0. The van der Waals surface area contributed by atoms with Gasteiger partial charge in [0.25, 0.3) is 0 Å². The minimum Gasteiger partial charge on any atom is -0.472 e. The van der Waals surface area contributed by atoms with Crippen molar-refractivity contribution in [2.45, 2.75) is 37.9 Å². The number of ether oxygens (including phenoxy) is 2. The van der Waals surface area contributed by atoms with Crippen LogP contribution in [0.3, 0.4) is 0 Å². The maximum absolute atomic E-state index is 6.34. The van der Waals surface area contributed by atoms with Crippen LogP contribution < -0.4 is 9.64 Å². The molecule has 144 valence electrons. The monoisotopic (exact) mass is 375 g/mol. The summed E-state index contributed by atoms with van der Waals surface area (Å²) in [4.78, 5) is 11.6. The van der Waals surface area contributed by atoms with Gasteiger partial charge in [0, 0.05) is 36.7 Å². The van der Waals surface area contributed by atoms with Gasteiger partial charge in [-0.3, -0.25) is 0 Å². The van der Waals surface area contributed by atoms with E-state index in [-0.39, 0.29) is 12.2 Å². The number of rotatable bonds is 4. The number of fused-ring (bicyclic) bond motifs is 1. The zero-order valence-electron chi connectivity index (χ0n) is 16.0. The average molecular weight is 375 g/mol. The highest BCUT2D eigenvalue weighted by molar-refractivity contribution is 5.80. The van der Waals surface area contributed by atoms with E-state index in [0.717, 1.165) is 61.7 Å². The Morgan fingerprint density at radius 1 is 1.00 bits per heavy atom. The molecule has 3 aromatic rings. The minimum absolute atomic E-state index is 0.108. The number of aromatic nitrogens is 2. The van der Waals surface area contributed by atoms with Crippen LogP contribution in [-0.4, -0.2) is 35.8 Å². The Kier molecular flexibility index (Phi) is 4.83. The first-order valence-corrected chi connectivity index (χ1v) is 10.2. The van der Waals surface area contributed by atoms with Gasteiger partial charge in [-0.05, 0) is 49.6 Å². The lowest BCUT2D eigenvalue weighted by molar-refractivity contribution is 0.0121. The van der Waals surface area contributed by atoms with Crippen LogP contribution in [0.4, 0.5) is 5.82 Å². The van der Waals surface area contributed by atoms with E-state index in [2.05, 4.69) is 40.2 Å². The van der Waals surface area contributed by atoms with E-state index in [0.29, 0.717) is 0 Å². The Hall–Kier alpha value is -2.66. The molecule has 2 saturated heterocycles. The molecule has 5 rings (SSSR count). The van der Waals surface area contributed by atoms with Gasteiger partial charge in [-0.15, -0.1) is 0 Å². The van der Waals surface area contributed by atoms with Crippen LogP contribution in [0, 0.1) is 0 Å². The van der Waals surface area contributed by atoms with Crippen molar-refractivity contribution in [3.63, 3.8) is 0 Å². The van der Waals surface area contributed by atoms with Gasteiger partial charge in [-0.25, -0.2) is 9.97 Å². The van der Waals surface area contributed by atoms with E-state index < -0.39 is 0 Å². The standard InChI is InChI=1S/C23H25N3O2/c1-2-8-20-17(6-1)10-11-22(25-20)26-14-12-18(16-26)28-23-19(7-5-13-24-23)21-9-3-4-15-27-21/h1-2,5-8,10-11,13,18,21H,3-4,9,12,14-16H2/t18-,21?/m0/s1. The van der Waals surface area contributed by atoms with E-state index in [1.807, 2.05) is 18.2 Å². The van der Waals surface area contributed by atoms with Crippen molar-refractivity contribution in [2.75, 3.05) is 24.6 Å². The normalized spacial score (nSPS) is 22.5. The molecule has 2 fully saturated rings. The Morgan fingerprint density at radius 2 is 1.96 bits per heavy atom. The third-order valence-corrected chi connectivity index (χ3v) is 5.66. The second kappa shape index (κ2) is 7.76. The molecule has 28 heavy (non-hydrogen) atoms. The van der Waals surface area contributed by atoms with Crippen LogP contribution >= 0.6 is 0 Å². The van der Waals surface area contributed by atoms with Crippen molar-refractivity contribution >= 4 is 16.7 Å². The van der Waals surface area contributed by atoms with Crippen molar-refractivity contribution in [3.8, 4) is 5.88 Å². The van der Waals surface area contributed by atoms with Gasteiger partial charge in [0.1, 0.15) is 11.9 Å². The molecule has 4 heterocycles. The Bertz CT molecular complexity index is 955. The topological polar surface area (TPSA) is 47.5 Å². The van der Waals surface area contributed by atoms with Gasteiger partial charge in [0.2, 0.25) is 5.88 Å². The first-order chi connectivity index (χ1) is 13.9. The number of benzene rings is 1. The third kappa shape index (κ3) is 3.54. The van der Waals surface area contributed by atoms with Crippen molar-refractivity contribution in [1.82, 2.24) is 9.97 Å². The lowest BCUT2D eigenvalue weighted by Gasteiger charge is -2.25. The molecule has 2 aliphatic heterocycles. The van der Waals surface area contributed by atoms with Crippen molar-refractivity contribution in [2.24, 2.45) is 0 Å². The van der Waals surface area contributed by atoms with Crippen LogP contribution in [0.2, 0.25) is 0 Å². The number of para-hydroxylation sites is 1. The van der Waals surface area contributed by atoms with Gasteiger partial charge in [-0.1, -0.05) is 18.2 Å². The highest BCUT2D eigenvalue weighted by Crippen LogP contribution is 2.34. The first kappa shape index (κ1) is 17.4. The Balaban J connectivity index is 1.30. The molecule has 0 spiro atoms. The summed E-state index contributed by atoms with van der Waals surface area (Å²) in [6, 6.07) is 16.5. The quantitative estimate of drug-likeness (QED) is 0.670. The fourth-order valence-electron chi connectivity index (χ4n) is 4.15. The van der Waals surface area contributed by atoms with Gasteiger partial charge >= 0.3 is 0 Å². The highest BCUT2D eigenvalue weighted by atomic mass is 16.5. The van der Waals surface area contributed by atoms with E-state index in [9.17, 15) is 0 Å². The zero-order valence-corrected chi connectivity index (χ0v) is 16.0. The number of pyridine rings is 2. The molecule has 5 heteroatoms. The van der Waals surface area contributed by atoms with Gasteiger partial charge in [0.15, 0.2) is 0 Å². The van der Waals surface area contributed by atoms with Gasteiger partial charge in [0.05, 0.1) is 18.2 Å². The average Bonchev–Trinajstić information content (AvgIpc) is 3.23. The molecule has 0 bridgehead atoms. The molecule has 0 aliphatic carbocycles. The van der Waals surface area contributed by atoms with Gasteiger partial charge in [-0.2, -0.15) is 0 Å². The molecule has 0 saturated carbocycles. The Morgan fingerprint density at radius 3 is 2.89 bits per heavy atom. The lowest BCUT2D eigenvalue weighted by atomic mass is 10.0. The van der Waals surface area contributed by atoms with Crippen molar-refractivity contribution in [3.05, 3.63) is 60.3 Å². The fraction of sp³-hybridized carbons (Fsp3) is 0.391. The molecule has 0 radical (unpaired) electrons. The molecule has 1 aromatic carbocycles. The van der Waals surface area contributed by atoms with Gasteiger partial charge < -0.3 is 14.4 Å². The van der Waals surface area contributed by atoms with Crippen molar-refractivity contribution in [1.29, 1.82) is 0 Å². The summed E-state index contributed by atoms with van der Waals surface area (Å²) in [6.07, 6.45) is 6.38. The predicted octanol–water partition coefficient (Wildman–Crippen LogP) is 4.53. The van der Waals surface area contributed by atoms with Crippen LogP contribution in [0.1, 0.15) is 37.4 Å². The maximum Gasteiger partial charge on any atom is 0.219 e. The van der Waals surface area contributed by atoms with Crippen LogP contribution in [0.15, 0.2) is 54.7 Å². The minimum atomic E-state index is 0.108. The predicted molar refractivity (Wildman–Crippen MR) is 110 cm³/mol. The molecule has 2 aliphatic rings. The molecule has 1 unspecified atom stereocenters. The molecular formula is C23H25N3O2. The first-order valence-electron chi connectivity index (χ1n) is 10.2. The lowest BCUT2D eigenvalue weighted by Crippen LogP contribution is -2.26. The zero-order chi connectivity index (χ0) is 18.8.